The second-order valence-electron chi connectivity index (χ2n) is 4.87. The molecule has 0 N–H and O–H groups in total. The fraction of sp³-hybridized carbons (Fsp3) is 0.500. The molecule has 0 radical (unpaired) electrons. The molecule has 0 saturated carbocycles. The van der Waals surface area contributed by atoms with Crippen molar-refractivity contribution in [3.63, 3.8) is 0 Å². The van der Waals surface area contributed by atoms with E-state index in [-0.39, 0.29) is 16.4 Å². The highest BCUT2D eigenvalue weighted by Crippen LogP contribution is 2.30. The van der Waals surface area contributed by atoms with Gasteiger partial charge in [-0.05, 0) is 40.5 Å². The van der Waals surface area contributed by atoms with Gasteiger partial charge in [0.15, 0.2) is 9.84 Å². The summed E-state index contributed by atoms with van der Waals surface area (Å²) in [6, 6.07) is 3.93. The number of benzene rings is 1. The number of hydrogen-bond acceptors (Lipinski definition) is 5. The molecule has 1 aromatic rings. The number of halogens is 1. The number of hydrogen-bond donors (Lipinski definition) is 0. The molecule has 1 aromatic carbocycles. The number of rotatable bonds is 4. The lowest BCUT2D eigenvalue weighted by molar-refractivity contribution is 0.393. The zero-order valence-electron chi connectivity index (χ0n) is 11.6. The highest BCUT2D eigenvalue weighted by Gasteiger charge is 2.36. The molecule has 1 aliphatic rings. The maximum absolute atomic E-state index is 12.6. The van der Waals surface area contributed by atoms with E-state index in [1.54, 1.807) is 6.07 Å². The minimum atomic E-state index is -3.74. The maximum Gasteiger partial charge on any atom is 0.243 e. The van der Waals surface area contributed by atoms with Crippen LogP contribution in [0.15, 0.2) is 27.6 Å². The molecule has 2 rings (SSSR count). The molecule has 6 nitrogen and oxygen atoms in total. The summed E-state index contributed by atoms with van der Waals surface area (Å²) in [5.74, 6) is 0.434. The topological polar surface area (TPSA) is 80.8 Å². The van der Waals surface area contributed by atoms with Crippen molar-refractivity contribution in [2.45, 2.75) is 17.4 Å². The van der Waals surface area contributed by atoms with E-state index in [9.17, 15) is 16.8 Å². The van der Waals surface area contributed by atoms with E-state index in [1.807, 2.05) is 0 Å². The first-order valence-electron chi connectivity index (χ1n) is 6.19. The van der Waals surface area contributed by atoms with Gasteiger partial charge < -0.3 is 4.74 Å². The summed E-state index contributed by atoms with van der Waals surface area (Å²) in [6.07, 6.45) is 0.329. The van der Waals surface area contributed by atoms with Gasteiger partial charge >= 0.3 is 0 Å². The van der Waals surface area contributed by atoms with E-state index in [1.165, 1.54) is 26.3 Å². The Labute approximate surface area is 133 Å². The standard InChI is InChI=1S/C12H16BrNO5S2/c1-14(9-5-6-20(15,16)8-9)21(17,18)10-3-4-12(19-2)11(13)7-10/h3-4,7,9H,5-6,8H2,1-2H3. The van der Waals surface area contributed by atoms with Crippen LogP contribution in [0.4, 0.5) is 0 Å². The largest absolute Gasteiger partial charge is 0.496 e. The Morgan fingerprint density at radius 2 is 2.05 bits per heavy atom. The number of nitrogens with zero attached hydrogens (tertiary/aromatic N) is 1. The van der Waals surface area contributed by atoms with Gasteiger partial charge in [-0.15, -0.1) is 0 Å². The Morgan fingerprint density at radius 3 is 2.52 bits per heavy atom. The SMILES string of the molecule is COc1ccc(S(=O)(=O)N(C)C2CCS(=O)(=O)C2)cc1Br. The second kappa shape index (κ2) is 5.86. The van der Waals surface area contributed by atoms with Crippen LogP contribution in [0.25, 0.3) is 0 Å². The van der Waals surface area contributed by atoms with Gasteiger partial charge in [-0.1, -0.05) is 0 Å². The lowest BCUT2D eigenvalue weighted by Crippen LogP contribution is -2.37. The lowest BCUT2D eigenvalue weighted by Gasteiger charge is -2.23. The summed E-state index contributed by atoms with van der Waals surface area (Å²) in [6.45, 7) is 0. The van der Waals surface area contributed by atoms with Gasteiger partial charge in [0.2, 0.25) is 10.0 Å². The minimum Gasteiger partial charge on any atom is -0.496 e. The Morgan fingerprint density at radius 1 is 1.38 bits per heavy atom. The van der Waals surface area contributed by atoms with Crippen molar-refractivity contribution in [2.75, 3.05) is 25.7 Å². The van der Waals surface area contributed by atoms with Crippen molar-refractivity contribution in [3.8, 4) is 5.75 Å². The van der Waals surface area contributed by atoms with Crippen molar-refractivity contribution in [3.05, 3.63) is 22.7 Å². The molecule has 0 spiro atoms. The van der Waals surface area contributed by atoms with Gasteiger partial charge in [0.1, 0.15) is 5.75 Å². The summed E-state index contributed by atoms with van der Waals surface area (Å²) in [5.41, 5.74) is 0. The molecule has 118 valence electrons. The van der Waals surface area contributed by atoms with E-state index in [4.69, 9.17) is 4.74 Å². The molecule has 1 fully saturated rings. The predicted octanol–water partition coefficient (Wildman–Crippen LogP) is 1.27. The van der Waals surface area contributed by atoms with Gasteiger partial charge in [-0.3, -0.25) is 0 Å². The van der Waals surface area contributed by atoms with Crippen molar-refractivity contribution in [1.29, 1.82) is 0 Å². The molecule has 21 heavy (non-hydrogen) atoms. The first-order valence-corrected chi connectivity index (χ1v) is 10.2. The molecule has 1 saturated heterocycles. The predicted molar refractivity (Wildman–Crippen MR) is 82.7 cm³/mol. The average molecular weight is 398 g/mol. The highest BCUT2D eigenvalue weighted by molar-refractivity contribution is 9.10. The van der Waals surface area contributed by atoms with E-state index in [0.29, 0.717) is 16.6 Å². The molecule has 1 unspecified atom stereocenters. The molecule has 9 heteroatoms. The molecular weight excluding hydrogens is 382 g/mol. The van der Waals surface area contributed by atoms with E-state index in [0.717, 1.165) is 4.31 Å². The molecule has 1 aliphatic heterocycles. The van der Waals surface area contributed by atoms with Crippen LogP contribution in [-0.2, 0) is 19.9 Å². The van der Waals surface area contributed by atoms with E-state index < -0.39 is 25.9 Å². The smallest absolute Gasteiger partial charge is 0.243 e. The minimum absolute atomic E-state index is 0.0316. The van der Waals surface area contributed by atoms with Gasteiger partial charge in [0.05, 0.1) is 28.0 Å². The summed E-state index contributed by atoms with van der Waals surface area (Å²) in [7, 11) is -3.97. The molecule has 0 aliphatic carbocycles. The maximum atomic E-state index is 12.6. The Hall–Kier alpha value is -0.640. The van der Waals surface area contributed by atoms with Crippen LogP contribution in [0.1, 0.15) is 6.42 Å². The Bertz CT molecular complexity index is 745. The zero-order valence-corrected chi connectivity index (χ0v) is 14.8. The number of sulfonamides is 1. The van der Waals surface area contributed by atoms with Gasteiger partial charge in [-0.2, -0.15) is 4.31 Å². The number of methoxy groups -OCH3 is 1. The van der Waals surface area contributed by atoms with Crippen molar-refractivity contribution in [2.24, 2.45) is 0 Å². The number of ether oxygens (including phenoxy) is 1. The van der Waals surface area contributed by atoms with Crippen LogP contribution in [0, 0.1) is 0 Å². The van der Waals surface area contributed by atoms with Crippen molar-refractivity contribution in [1.82, 2.24) is 4.31 Å². The first kappa shape index (κ1) is 16.7. The molecule has 1 heterocycles. The molecule has 1 atom stereocenters. The highest BCUT2D eigenvalue weighted by atomic mass is 79.9. The van der Waals surface area contributed by atoms with Crippen molar-refractivity contribution < 1.29 is 21.6 Å². The molecule has 0 bridgehead atoms. The van der Waals surface area contributed by atoms with E-state index in [2.05, 4.69) is 15.9 Å². The second-order valence-corrected chi connectivity index (χ2v) is 9.96. The van der Waals surface area contributed by atoms with Crippen LogP contribution < -0.4 is 4.74 Å². The Balaban J connectivity index is 2.31. The normalized spacial score (nSPS) is 21.6. The third kappa shape index (κ3) is 3.41. The third-order valence-corrected chi connectivity index (χ3v) is 7.80. The quantitative estimate of drug-likeness (QED) is 0.763. The number of sulfone groups is 1. The fourth-order valence-corrected chi connectivity index (χ4v) is 6.20. The summed E-state index contributed by atoms with van der Waals surface area (Å²) in [4.78, 5) is 0.0990. The van der Waals surface area contributed by atoms with Crippen LogP contribution in [0.3, 0.4) is 0 Å². The average Bonchev–Trinajstić information content (AvgIpc) is 2.77. The monoisotopic (exact) mass is 397 g/mol. The van der Waals surface area contributed by atoms with E-state index >= 15 is 0 Å². The molecular formula is C12H16BrNO5S2. The summed E-state index contributed by atoms with van der Waals surface area (Å²) >= 11 is 3.25. The van der Waals surface area contributed by atoms with Gasteiger partial charge in [0, 0.05) is 13.1 Å². The van der Waals surface area contributed by atoms with Crippen LogP contribution in [0.5, 0.6) is 5.75 Å². The first-order chi connectivity index (χ1) is 9.67. The zero-order chi connectivity index (χ0) is 15.8. The molecule has 0 amide bonds. The van der Waals surface area contributed by atoms with Gasteiger partial charge in [0.25, 0.3) is 0 Å². The lowest BCUT2D eigenvalue weighted by atomic mass is 10.3. The van der Waals surface area contributed by atoms with Crippen LogP contribution in [0.2, 0.25) is 0 Å². The van der Waals surface area contributed by atoms with Crippen molar-refractivity contribution >= 4 is 35.8 Å². The fourth-order valence-electron chi connectivity index (χ4n) is 2.23. The third-order valence-electron chi connectivity index (χ3n) is 3.52. The summed E-state index contributed by atoms with van der Waals surface area (Å²) in [5, 5.41) is 0. The summed E-state index contributed by atoms with van der Waals surface area (Å²) < 4.78 is 54.8. The van der Waals surface area contributed by atoms with Crippen LogP contribution >= 0.6 is 15.9 Å². The molecule has 0 aromatic heterocycles. The van der Waals surface area contributed by atoms with Crippen LogP contribution in [-0.4, -0.2) is 52.8 Å². The Kier molecular flexibility index (Phi) is 4.67. The van der Waals surface area contributed by atoms with Gasteiger partial charge in [-0.25, -0.2) is 16.8 Å².